The summed E-state index contributed by atoms with van der Waals surface area (Å²) in [6.45, 7) is 4.98. The fraction of sp³-hybridized carbons (Fsp3) is 0.474. The van der Waals surface area contributed by atoms with Gasteiger partial charge in [-0.2, -0.15) is 5.10 Å². The van der Waals surface area contributed by atoms with Gasteiger partial charge in [-0.15, -0.1) is 0 Å². The summed E-state index contributed by atoms with van der Waals surface area (Å²) >= 11 is 0. The van der Waals surface area contributed by atoms with E-state index >= 15 is 0 Å². The molecule has 1 fully saturated rings. The third-order valence-corrected chi connectivity index (χ3v) is 5.34. The van der Waals surface area contributed by atoms with Gasteiger partial charge in [0.15, 0.2) is 5.69 Å². The molecule has 176 valence electrons. The van der Waals surface area contributed by atoms with Gasteiger partial charge in [0.25, 0.3) is 5.91 Å². The molecule has 13 heteroatoms. The van der Waals surface area contributed by atoms with E-state index < -0.39 is 22.0 Å². The van der Waals surface area contributed by atoms with E-state index in [1.807, 2.05) is 42.8 Å². The van der Waals surface area contributed by atoms with Crippen molar-refractivity contribution in [2.75, 3.05) is 19.3 Å². The van der Waals surface area contributed by atoms with E-state index in [0.717, 1.165) is 17.2 Å². The minimum Gasteiger partial charge on any atom is -0.473 e. The van der Waals surface area contributed by atoms with Crippen molar-refractivity contribution >= 4 is 38.8 Å². The molecule has 1 saturated heterocycles. The zero-order chi connectivity index (χ0) is 24.1. The van der Waals surface area contributed by atoms with E-state index in [1.54, 1.807) is 0 Å². The maximum atomic E-state index is 12.7. The number of carboxylic acid groups (broad SMARTS) is 2. The lowest BCUT2D eigenvalue weighted by molar-refractivity contribution is -0.159. The number of rotatable bonds is 6. The molecule has 2 heterocycles. The summed E-state index contributed by atoms with van der Waals surface area (Å²) in [7, 11) is -3.21. The third-order valence-electron chi connectivity index (χ3n) is 4.65. The minimum absolute atomic E-state index is 0.00000871. The van der Waals surface area contributed by atoms with Crippen molar-refractivity contribution in [2.24, 2.45) is 0 Å². The van der Waals surface area contributed by atoms with Crippen LogP contribution in [0.1, 0.15) is 36.8 Å². The smallest absolute Gasteiger partial charge is 0.414 e. The molecule has 0 bridgehead atoms. The highest BCUT2D eigenvalue weighted by molar-refractivity contribution is 7.88. The van der Waals surface area contributed by atoms with Crippen LogP contribution in [0.5, 0.6) is 0 Å². The van der Waals surface area contributed by atoms with Crippen LogP contribution in [0.15, 0.2) is 24.3 Å². The number of hydrogen-bond acceptors (Lipinski definition) is 7. The summed E-state index contributed by atoms with van der Waals surface area (Å²) < 4.78 is 26.7. The normalized spacial score (nSPS) is 18.2. The quantitative estimate of drug-likeness (QED) is 0.358. The predicted octanol–water partition coefficient (Wildman–Crippen LogP) is -0.218. The zero-order valence-corrected chi connectivity index (χ0v) is 18.7. The van der Waals surface area contributed by atoms with Crippen LogP contribution in [0.4, 0.5) is 0 Å². The van der Waals surface area contributed by atoms with Gasteiger partial charge in [-0.05, 0) is 26.3 Å². The number of amides is 1. The maximum Gasteiger partial charge on any atom is 0.414 e. The van der Waals surface area contributed by atoms with E-state index in [9.17, 15) is 13.2 Å². The molecule has 32 heavy (non-hydrogen) atoms. The van der Waals surface area contributed by atoms with Crippen molar-refractivity contribution in [3.63, 3.8) is 0 Å². The molecule has 1 aromatic carbocycles. The lowest BCUT2D eigenvalue weighted by Crippen LogP contribution is -2.36. The van der Waals surface area contributed by atoms with E-state index in [2.05, 4.69) is 20.5 Å². The molecule has 0 aliphatic carbocycles. The second kappa shape index (κ2) is 10.5. The van der Waals surface area contributed by atoms with Crippen LogP contribution < -0.4 is 15.4 Å². The molecule has 2 aromatic rings. The van der Waals surface area contributed by atoms with Crippen LogP contribution in [0.2, 0.25) is 0 Å². The topological polar surface area (TPSA) is 180 Å². The molecule has 0 radical (unpaired) electrons. The second-order valence-electron chi connectivity index (χ2n) is 7.65. The molecule has 3 rings (SSSR count). The summed E-state index contributed by atoms with van der Waals surface area (Å²) in [6, 6.07) is 7.79. The third kappa shape index (κ3) is 7.00. The Morgan fingerprint density at radius 2 is 1.84 bits per heavy atom. The highest BCUT2D eigenvalue weighted by Gasteiger charge is 2.27. The van der Waals surface area contributed by atoms with E-state index in [4.69, 9.17) is 19.8 Å². The van der Waals surface area contributed by atoms with Gasteiger partial charge in [0, 0.05) is 36.6 Å². The highest BCUT2D eigenvalue weighted by atomic mass is 32.2. The molecule has 2 atom stereocenters. The first-order valence-corrected chi connectivity index (χ1v) is 11.7. The fourth-order valence-corrected chi connectivity index (χ4v) is 3.74. The molecular weight excluding hydrogens is 442 g/mol. The van der Waals surface area contributed by atoms with E-state index in [0.29, 0.717) is 25.2 Å². The van der Waals surface area contributed by atoms with Crippen LogP contribution in [-0.2, 0) is 19.6 Å². The van der Waals surface area contributed by atoms with Gasteiger partial charge in [-0.3, -0.25) is 9.48 Å². The number of carboxylic acids is 2. The lowest BCUT2D eigenvalue weighted by atomic mass is 10.1. The summed E-state index contributed by atoms with van der Waals surface area (Å²) in [5.41, 5.74) is 1.36. The molecule has 5 N–H and O–H groups in total. The minimum atomic E-state index is -3.21. The average molecular weight is 470 g/mol. The summed E-state index contributed by atoms with van der Waals surface area (Å²) in [5, 5.41) is 26.4. The molecule has 1 amide bonds. The Morgan fingerprint density at radius 1 is 1.22 bits per heavy atom. The van der Waals surface area contributed by atoms with E-state index in [1.165, 1.54) is 0 Å². The number of carbonyl (C=O) groups excluding carboxylic acids is 1. The number of aliphatic carboxylic acids is 2. The first kappa shape index (κ1) is 25.2. The Balaban J connectivity index is 0.000000534. The number of carbonyl (C=O) groups is 3. The van der Waals surface area contributed by atoms with Crippen molar-refractivity contribution in [1.82, 2.24) is 25.1 Å². The molecule has 1 aromatic heterocycles. The number of aromatic nitrogens is 2. The van der Waals surface area contributed by atoms with Gasteiger partial charge >= 0.3 is 11.9 Å². The Hall–Kier alpha value is -3.03. The summed E-state index contributed by atoms with van der Waals surface area (Å²) in [6.07, 6.45) is 1.80. The molecule has 0 unspecified atom stereocenters. The van der Waals surface area contributed by atoms with Crippen molar-refractivity contribution < 1.29 is 33.0 Å². The first-order valence-electron chi connectivity index (χ1n) is 9.81. The molecule has 1 aliphatic heterocycles. The number of hydrogen-bond donors (Lipinski definition) is 5. The van der Waals surface area contributed by atoms with Gasteiger partial charge in [0.1, 0.15) is 0 Å². The van der Waals surface area contributed by atoms with Crippen LogP contribution in [0.3, 0.4) is 0 Å². The van der Waals surface area contributed by atoms with Gasteiger partial charge in [0.05, 0.1) is 11.8 Å². The Kier molecular flexibility index (Phi) is 8.30. The van der Waals surface area contributed by atoms with Crippen LogP contribution in [0, 0.1) is 0 Å². The second-order valence-corrected chi connectivity index (χ2v) is 9.48. The maximum absolute atomic E-state index is 12.7. The molecule has 0 saturated carbocycles. The van der Waals surface area contributed by atoms with Gasteiger partial charge in [-0.1, -0.05) is 18.2 Å². The predicted molar refractivity (Wildman–Crippen MR) is 116 cm³/mol. The number of nitrogens with one attached hydrogen (secondary N) is 3. The van der Waals surface area contributed by atoms with Crippen molar-refractivity contribution in [3.05, 3.63) is 30.0 Å². The number of nitrogens with zero attached hydrogens (tertiary/aromatic N) is 2. The number of fused-ring (bicyclic) bond motifs is 1. The number of sulfonamides is 1. The Morgan fingerprint density at radius 3 is 2.41 bits per heavy atom. The zero-order valence-electron chi connectivity index (χ0n) is 17.9. The highest BCUT2D eigenvalue weighted by Crippen LogP contribution is 2.22. The van der Waals surface area contributed by atoms with Crippen molar-refractivity contribution in [1.29, 1.82) is 0 Å². The Bertz CT molecular complexity index is 1080. The fourth-order valence-electron chi connectivity index (χ4n) is 3.24. The number of benzene rings is 1. The SMILES string of the molecule is CC(C)n1nc(C(=O)N[C@@H]2CN[C@H](CNS(C)(=O)=O)C2)c2ccccc21.O=C(O)C(=O)O. The first-order chi connectivity index (χ1) is 14.9. The summed E-state index contributed by atoms with van der Waals surface area (Å²) in [5.74, 6) is -3.85. The van der Waals surface area contributed by atoms with Crippen LogP contribution in [-0.4, -0.2) is 77.7 Å². The monoisotopic (exact) mass is 469 g/mol. The Labute approximate surface area is 185 Å². The van der Waals surface area contributed by atoms with Crippen molar-refractivity contribution in [3.8, 4) is 0 Å². The summed E-state index contributed by atoms with van der Waals surface area (Å²) in [4.78, 5) is 30.9. The average Bonchev–Trinajstić information content (AvgIpc) is 3.30. The molecule has 1 aliphatic rings. The molecule has 0 spiro atoms. The van der Waals surface area contributed by atoms with Crippen molar-refractivity contribution in [2.45, 2.75) is 38.4 Å². The number of para-hydroxylation sites is 1. The van der Waals surface area contributed by atoms with Crippen LogP contribution in [0.25, 0.3) is 10.9 Å². The van der Waals surface area contributed by atoms with E-state index in [-0.39, 0.29) is 24.0 Å². The molecular formula is C19H27N5O7S. The lowest BCUT2D eigenvalue weighted by Gasteiger charge is -2.12. The molecule has 12 nitrogen and oxygen atoms in total. The van der Waals surface area contributed by atoms with Crippen LogP contribution >= 0.6 is 0 Å². The van der Waals surface area contributed by atoms with Gasteiger partial charge < -0.3 is 20.8 Å². The largest absolute Gasteiger partial charge is 0.473 e. The van der Waals surface area contributed by atoms with Gasteiger partial charge in [-0.25, -0.2) is 22.7 Å². The van der Waals surface area contributed by atoms with Gasteiger partial charge in [0.2, 0.25) is 10.0 Å². The standard InChI is InChI=1S/C17H25N5O3S.C2H2O4/c1-11(2)22-15-7-5-4-6-14(15)16(21-22)17(23)20-13-8-12(18-9-13)10-19-26(3,24)25;3-1(4)2(5)6/h4-7,11-13,18-19H,8-10H2,1-3H3,(H,20,23);(H,3,4)(H,5,6)/t12-,13-;/m0./s1.